The maximum absolute atomic E-state index is 11.5. The number of piperidine rings is 1. The third-order valence-electron chi connectivity index (χ3n) is 3.66. The lowest BCUT2D eigenvalue weighted by atomic mass is 9.79. The van der Waals surface area contributed by atoms with Crippen LogP contribution in [0.4, 0.5) is 0 Å². The molecule has 0 bridgehead atoms. The molecule has 0 radical (unpaired) electrons. The second kappa shape index (κ2) is 2.75. The van der Waals surface area contributed by atoms with Crippen molar-refractivity contribution >= 4 is 5.91 Å². The Labute approximate surface area is 73.7 Å². The normalized spacial score (nSPS) is 47.0. The standard InChI is InChI=1S/C10H17NO/c1-6-3-4-8-7(2)5-11-10(12)9(6)8/h6-9H,3-5H2,1-2H3,(H,11,12)/t6-,7+,8+,9+/m0/s1. The predicted molar refractivity (Wildman–Crippen MR) is 47.6 cm³/mol. The molecular formula is C10H17NO. The first-order valence-corrected chi connectivity index (χ1v) is 4.98. The second-order valence-electron chi connectivity index (χ2n) is 4.47. The molecule has 2 rings (SSSR count). The van der Waals surface area contributed by atoms with Crippen LogP contribution in [0.3, 0.4) is 0 Å². The molecule has 1 heterocycles. The summed E-state index contributed by atoms with van der Waals surface area (Å²) in [6.45, 7) is 5.37. The van der Waals surface area contributed by atoms with Crippen molar-refractivity contribution in [3.63, 3.8) is 0 Å². The van der Waals surface area contributed by atoms with E-state index in [9.17, 15) is 4.79 Å². The molecule has 4 atom stereocenters. The Hall–Kier alpha value is -0.530. The highest BCUT2D eigenvalue weighted by atomic mass is 16.2. The largest absolute Gasteiger partial charge is 0.356 e. The van der Waals surface area contributed by atoms with Gasteiger partial charge in [-0.1, -0.05) is 13.8 Å². The molecule has 12 heavy (non-hydrogen) atoms. The average Bonchev–Trinajstić information content (AvgIpc) is 2.42. The third-order valence-corrected chi connectivity index (χ3v) is 3.66. The molecule has 2 heteroatoms. The first kappa shape index (κ1) is 8.09. The molecule has 68 valence electrons. The van der Waals surface area contributed by atoms with E-state index in [-0.39, 0.29) is 0 Å². The molecule has 0 unspecified atom stereocenters. The second-order valence-corrected chi connectivity index (χ2v) is 4.47. The Morgan fingerprint density at radius 1 is 1.25 bits per heavy atom. The number of nitrogens with one attached hydrogen (secondary N) is 1. The van der Waals surface area contributed by atoms with Gasteiger partial charge in [-0.25, -0.2) is 0 Å². The fourth-order valence-corrected chi connectivity index (χ4v) is 2.86. The van der Waals surface area contributed by atoms with Gasteiger partial charge in [0.25, 0.3) is 0 Å². The van der Waals surface area contributed by atoms with Crippen molar-refractivity contribution in [2.24, 2.45) is 23.7 Å². The van der Waals surface area contributed by atoms with Crippen LogP contribution < -0.4 is 5.32 Å². The summed E-state index contributed by atoms with van der Waals surface area (Å²) in [6.07, 6.45) is 2.51. The summed E-state index contributed by atoms with van der Waals surface area (Å²) in [5, 5.41) is 2.99. The first-order chi connectivity index (χ1) is 5.70. The van der Waals surface area contributed by atoms with Gasteiger partial charge in [0.15, 0.2) is 0 Å². The molecule has 2 nitrogen and oxygen atoms in total. The third kappa shape index (κ3) is 1.05. The van der Waals surface area contributed by atoms with E-state index >= 15 is 0 Å². The molecule has 1 amide bonds. The molecule has 1 saturated heterocycles. The van der Waals surface area contributed by atoms with E-state index in [4.69, 9.17) is 0 Å². The Bertz CT molecular complexity index is 202. The zero-order chi connectivity index (χ0) is 8.72. The topological polar surface area (TPSA) is 29.1 Å². The summed E-state index contributed by atoms with van der Waals surface area (Å²) in [6, 6.07) is 0. The molecule has 0 aromatic rings. The lowest BCUT2D eigenvalue weighted by Gasteiger charge is -2.32. The molecule has 2 fully saturated rings. The van der Waals surface area contributed by atoms with Crippen LogP contribution >= 0.6 is 0 Å². The zero-order valence-electron chi connectivity index (χ0n) is 7.84. The van der Waals surface area contributed by atoms with Gasteiger partial charge in [0.05, 0.1) is 0 Å². The highest BCUT2D eigenvalue weighted by Crippen LogP contribution is 2.42. The van der Waals surface area contributed by atoms with Crippen LogP contribution in [0.5, 0.6) is 0 Å². The van der Waals surface area contributed by atoms with E-state index in [0.29, 0.717) is 29.6 Å². The number of carbonyl (C=O) groups is 1. The zero-order valence-corrected chi connectivity index (χ0v) is 7.84. The van der Waals surface area contributed by atoms with Crippen molar-refractivity contribution in [3.05, 3.63) is 0 Å². The van der Waals surface area contributed by atoms with E-state index in [1.807, 2.05) is 0 Å². The van der Waals surface area contributed by atoms with Crippen molar-refractivity contribution in [3.8, 4) is 0 Å². The molecule has 1 N–H and O–H groups in total. The fraction of sp³-hybridized carbons (Fsp3) is 0.900. The Balaban J connectivity index is 2.18. The van der Waals surface area contributed by atoms with Gasteiger partial charge in [0.1, 0.15) is 0 Å². The number of fused-ring (bicyclic) bond motifs is 1. The molecule has 1 aliphatic heterocycles. The Morgan fingerprint density at radius 2 is 2.00 bits per heavy atom. The summed E-state index contributed by atoms with van der Waals surface area (Å²) < 4.78 is 0. The number of carbonyl (C=O) groups excluding carboxylic acids is 1. The Kier molecular flexibility index (Phi) is 1.85. The molecule has 1 saturated carbocycles. The number of hydrogen-bond donors (Lipinski definition) is 1. The van der Waals surface area contributed by atoms with Gasteiger partial charge in [-0.15, -0.1) is 0 Å². The molecule has 0 spiro atoms. The van der Waals surface area contributed by atoms with Crippen LogP contribution in [0, 0.1) is 23.7 Å². The van der Waals surface area contributed by atoms with Gasteiger partial charge in [0, 0.05) is 12.5 Å². The molecule has 0 aromatic carbocycles. The maximum atomic E-state index is 11.5. The van der Waals surface area contributed by atoms with Crippen molar-refractivity contribution in [1.82, 2.24) is 5.32 Å². The number of hydrogen-bond acceptors (Lipinski definition) is 1. The van der Waals surface area contributed by atoms with Crippen LogP contribution in [-0.4, -0.2) is 12.5 Å². The summed E-state index contributed by atoms with van der Waals surface area (Å²) in [4.78, 5) is 11.5. The molecule has 1 aliphatic carbocycles. The minimum atomic E-state index is 0.308. The van der Waals surface area contributed by atoms with Gasteiger partial charge in [-0.2, -0.15) is 0 Å². The summed E-state index contributed by atoms with van der Waals surface area (Å²) in [5.74, 6) is 2.61. The summed E-state index contributed by atoms with van der Waals surface area (Å²) in [7, 11) is 0. The molecule has 2 aliphatic rings. The number of rotatable bonds is 0. The van der Waals surface area contributed by atoms with E-state index in [1.165, 1.54) is 12.8 Å². The summed E-state index contributed by atoms with van der Waals surface area (Å²) >= 11 is 0. The quantitative estimate of drug-likeness (QED) is 0.580. The van der Waals surface area contributed by atoms with Crippen molar-refractivity contribution in [2.45, 2.75) is 26.7 Å². The highest BCUT2D eigenvalue weighted by Gasteiger charge is 2.43. The van der Waals surface area contributed by atoms with Gasteiger partial charge in [0.2, 0.25) is 5.91 Å². The lowest BCUT2D eigenvalue weighted by Crippen LogP contribution is -2.46. The van der Waals surface area contributed by atoms with E-state index in [1.54, 1.807) is 0 Å². The lowest BCUT2D eigenvalue weighted by molar-refractivity contribution is -0.130. The van der Waals surface area contributed by atoms with Crippen molar-refractivity contribution in [2.75, 3.05) is 6.54 Å². The molecule has 0 aromatic heterocycles. The van der Waals surface area contributed by atoms with Crippen LogP contribution in [0.1, 0.15) is 26.7 Å². The van der Waals surface area contributed by atoms with Crippen LogP contribution in [0.2, 0.25) is 0 Å². The van der Waals surface area contributed by atoms with Gasteiger partial charge in [-0.05, 0) is 30.6 Å². The number of amides is 1. The van der Waals surface area contributed by atoms with E-state index < -0.39 is 0 Å². The SMILES string of the molecule is C[C@@H]1CNC(=O)[C@H]2[C@@H]1CC[C@@H]2C. The average molecular weight is 167 g/mol. The predicted octanol–water partition coefficient (Wildman–Crippen LogP) is 1.41. The van der Waals surface area contributed by atoms with Crippen LogP contribution in [-0.2, 0) is 4.79 Å². The Morgan fingerprint density at radius 3 is 2.67 bits per heavy atom. The fourth-order valence-electron chi connectivity index (χ4n) is 2.86. The van der Waals surface area contributed by atoms with E-state index in [0.717, 1.165) is 6.54 Å². The molecular weight excluding hydrogens is 150 g/mol. The minimum Gasteiger partial charge on any atom is -0.356 e. The van der Waals surface area contributed by atoms with Gasteiger partial charge >= 0.3 is 0 Å². The van der Waals surface area contributed by atoms with E-state index in [2.05, 4.69) is 19.2 Å². The van der Waals surface area contributed by atoms with Crippen LogP contribution in [0.15, 0.2) is 0 Å². The maximum Gasteiger partial charge on any atom is 0.223 e. The minimum absolute atomic E-state index is 0.308. The smallest absolute Gasteiger partial charge is 0.223 e. The van der Waals surface area contributed by atoms with Gasteiger partial charge in [-0.3, -0.25) is 4.79 Å². The monoisotopic (exact) mass is 167 g/mol. The van der Waals surface area contributed by atoms with Crippen LogP contribution in [0.25, 0.3) is 0 Å². The first-order valence-electron chi connectivity index (χ1n) is 4.98. The highest BCUT2D eigenvalue weighted by molar-refractivity contribution is 5.80. The van der Waals surface area contributed by atoms with Crippen molar-refractivity contribution in [1.29, 1.82) is 0 Å². The van der Waals surface area contributed by atoms with Crippen molar-refractivity contribution < 1.29 is 4.79 Å². The van der Waals surface area contributed by atoms with Gasteiger partial charge < -0.3 is 5.32 Å². The summed E-state index contributed by atoms with van der Waals surface area (Å²) in [5.41, 5.74) is 0.